The van der Waals surface area contributed by atoms with Gasteiger partial charge >= 0.3 is 6.11 Å². The third-order valence-electron chi connectivity index (χ3n) is 4.27. The number of pyridine rings is 1. The van der Waals surface area contributed by atoms with E-state index in [0.29, 0.717) is 25.5 Å². The van der Waals surface area contributed by atoms with E-state index in [1.165, 1.54) is 24.5 Å². The molecular formula is C18H16F2N4O2. The van der Waals surface area contributed by atoms with Crippen LogP contribution < -0.4 is 15.6 Å². The van der Waals surface area contributed by atoms with Crippen LogP contribution in [0.3, 0.4) is 0 Å². The summed E-state index contributed by atoms with van der Waals surface area (Å²) < 4.78 is 32.2. The van der Waals surface area contributed by atoms with Crippen LogP contribution in [0.15, 0.2) is 47.7 Å². The molecule has 8 heteroatoms. The average molecular weight is 358 g/mol. The molecule has 6 nitrogen and oxygen atoms in total. The van der Waals surface area contributed by atoms with Gasteiger partial charge in [0.25, 0.3) is 5.56 Å². The highest BCUT2D eigenvalue weighted by molar-refractivity contribution is 5.90. The maximum atomic E-state index is 13.0. The Labute approximate surface area is 147 Å². The second-order valence-electron chi connectivity index (χ2n) is 6.26. The maximum absolute atomic E-state index is 13.0. The number of alkyl halides is 2. The molecule has 0 radical (unpaired) electrons. The van der Waals surface area contributed by atoms with E-state index in [0.717, 1.165) is 11.1 Å². The number of ether oxygens (including phenoxy) is 1. The molecule has 0 spiro atoms. The molecule has 1 N–H and O–H groups in total. The van der Waals surface area contributed by atoms with E-state index in [1.54, 1.807) is 22.9 Å². The highest BCUT2D eigenvalue weighted by Gasteiger charge is 2.24. The van der Waals surface area contributed by atoms with Crippen molar-refractivity contribution in [2.45, 2.75) is 19.1 Å². The summed E-state index contributed by atoms with van der Waals surface area (Å²) in [7, 11) is 0. The van der Waals surface area contributed by atoms with Gasteiger partial charge in [-0.05, 0) is 17.7 Å². The molecule has 3 heterocycles. The number of hydrogen-bond donors (Lipinski definition) is 1. The van der Waals surface area contributed by atoms with Crippen molar-refractivity contribution in [3.8, 4) is 16.9 Å². The second-order valence-corrected chi connectivity index (χ2v) is 6.26. The zero-order valence-corrected chi connectivity index (χ0v) is 13.9. The number of fused-ring (bicyclic) bond motifs is 1. The fourth-order valence-corrected chi connectivity index (χ4v) is 2.93. The van der Waals surface area contributed by atoms with Crippen LogP contribution in [0.25, 0.3) is 22.2 Å². The van der Waals surface area contributed by atoms with E-state index >= 15 is 0 Å². The first-order valence-corrected chi connectivity index (χ1v) is 8.16. The van der Waals surface area contributed by atoms with Gasteiger partial charge in [-0.25, -0.2) is 4.98 Å². The van der Waals surface area contributed by atoms with E-state index < -0.39 is 6.11 Å². The highest BCUT2D eigenvalue weighted by atomic mass is 19.3. The lowest BCUT2D eigenvalue weighted by atomic mass is 10.0. The number of nitrogens with zero attached hydrogens (tertiary/aromatic N) is 3. The molecule has 0 atom stereocenters. The Bertz CT molecular complexity index is 1010. The summed E-state index contributed by atoms with van der Waals surface area (Å²) in [6.45, 7) is 2.11. The lowest BCUT2D eigenvalue weighted by Crippen LogP contribution is -2.46. The van der Waals surface area contributed by atoms with Gasteiger partial charge in [0.1, 0.15) is 11.3 Å². The van der Waals surface area contributed by atoms with Crippen LogP contribution in [0, 0.1) is 0 Å². The Morgan fingerprint density at radius 3 is 2.38 bits per heavy atom. The largest absolute Gasteiger partial charge is 0.433 e. The zero-order chi connectivity index (χ0) is 18.3. The van der Waals surface area contributed by atoms with Crippen molar-refractivity contribution < 1.29 is 13.5 Å². The molecule has 1 fully saturated rings. The van der Waals surface area contributed by atoms with Crippen LogP contribution in [-0.2, 0) is 0 Å². The van der Waals surface area contributed by atoms with Crippen molar-refractivity contribution in [1.29, 1.82) is 0 Å². The van der Waals surface area contributed by atoms with Gasteiger partial charge in [-0.15, -0.1) is 0 Å². The van der Waals surface area contributed by atoms with E-state index in [9.17, 15) is 13.6 Å². The summed E-state index contributed by atoms with van der Waals surface area (Å²) in [5.74, 6) is 0.0631. The van der Waals surface area contributed by atoms with Crippen LogP contribution in [0.1, 0.15) is 13.0 Å². The fraction of sp³-hybridized carbons (Fsp3) is 0.278. The van der Waals surface area contributed by atoms with Crippen molar-refractivity contribution in [2.75, 3.05) is 13.1 Å². The first-order chi connectivity index (χ1) is 12.4. The molecule has 1 saturated heterocycles. The predicted molar refractivity (Wildman–Crippen MR) is 92.4 cm³/mol. The monoisotopic (exact) mass is 358 g/mol. The number of hydrogen-bond acceptors (Lipinski definition) is 5. The molecule has 1 aliphatic heterocycles. The van der Waals surface area contributed by atoms with Crippen LogP contribution in [-0.4, -0.2) is 33.7 Å². The summed E-state index contributed by atoms with van der Waals surface area (Å²) in [5, 5.41) is 3.14. The van der Waals surface area contributed by atoms with E-state index in [1.807, 2.05) is 0 Å². The molecule has 0 unspecified atom stereocenters. The van der Waals surface area contributed by atoms with Gasteiger partial charge in [0.05, 0.1) is 6.04 Å². The van der Waals surface area contributed by atoms with Gasteiger partial charge in [-0.2, -0.15) is 8.78 Å². The molecule has 134 valence electrons. The van der Waals surface area contributed by atoms with Crippen LogP contribution in [0.2, 0.25) is 0 Å². The Morgan fingerprint density at radius 1 is 1.15 bits per heavy atom. The normalized spacial score (nSPS) is 15.0. The Morgan fingerprint density at radius 2 is 1.81 bits per heavy atom. The summed E-state index contributed by atoms with van der Waals surface area (Å²) in [5.41, 5.74) is 2.04. The summed E-state index contributed by atoms with van der Waals surface area (Å²) in [4.78, 5) is 21.2. The number of nitrogens with one attached hydrogen (secondary N) is 1. The van der Waals surface area contributed by atoms with Crippen molar-refractivity contribution in [3.63, 3.8) is 0 Å². The minimum absolute atomic E-state index is 0.0631. The molecular weight excluding hydrogens is 342 g/mol. The third-order valence-corrected chi connectivity index (χ3v) is 4.27. The molecule has 0 saturated carbocycles. The predicted octanol–water partition coefficient (Wildman–Crippen LogP) is 2.59. The van der Waals surface area contributed by atoms with Crippen molar-refractivity contribution in [2.24, 2.45) is 0 Å². The van der Waals surface area contributed by atoms with Crippen LogP contribution in [0.4, 0.5) is 8.78 Å². The van der Waals surface area contributed by atoms with E-state index in [-0.39, 0.29) is 22.9 Å². The highest BCUT2D eigenvalue weighted by Crippen LogP contribution is 2.29. The summed E-state index contributed by atoms with van der Waals surface area (Å²) in [6.07, 6.45) is 1.52. The minimum Gasteiger partial charge on any atom is -0.433 e. The van der Waals surface area contributed by atoms with Crippen LogP contribution in [0.5, 0.6) is 5.75 Å². The van der Waals surface area contributed by atoms with Gasteiger partial charge in [-0.3, -0.25) is 9.78 Å². The molecule has 3 aromatic rings. The summed E-state index contributed by atoms with van der Waals surface area (Å²) in [6, 6.07) is 6.33. The molecule has 4 rings (SSSR count). The first kappa shape index (κ1) is 16.6. The molecule has 0 amide bonds. The van der Waals surface area contributed by atoms with Crippen LogP contribution >= 0.6 is 0 Å². The smallest absolute Gasteiger partial charge is 0.394 e. The van der Waals surface area contributed by atoms with Gasteiger partial charge in [0.2, 0.25) is 0 Å². The Hall–Kier alpha value is -2.87. The number of benzene rings is 1. The standard InChI is InChI=1S/C18H16F2N4O2/c1-18(19,20)26-13-4-2-11(3-5-13)14-10-24(12-8-21-9-12)17(25)16-15(14)22-6-7-23-16/h2-7,10,12,21H,8-9H2,1H3. The average Bonchev–Trinajstić information content (AvgIpc) is 2.55. The maximum Gasteiger partial charge on any atom is 0.394 e. The second kappa shape index (κ2) is 6.14. The van der Waals surface area contributed by atoms with Gasteiger partial charge in [-0.1, -0.05) is 12.1 Å². The minimum atomic E-state index is -3.25. The first-order valence-electron chi connectivity index (χ1n) is 8.16. The quantitative estimate of drug-likeness (QED) is 0.776. The van der Waals surface area contributed by atoms with Crippen molar-refractivity contribution in [3.05, 3.63) is 53.2 Å². The molecule has 0 aliphatic carbocycles. The summed E-state index contributed by atoms with van der Waals surface area (Å²) >= 11 is 0. The van der Waals surface area contributed by atoms with E-state index in [2.05, 4.69) is 20.0 Å². The van der Waals surface area contributed by atoms with Gasteiger partial charge in [0, 0.05) is 44.2 Å². The third kappa shape index (κ3) is 3.03. The topological polar surface area (TPSA) is 69.0 Å². The molecule has 1 aliphatic rings. The fourth-order valence-electron chi connectivity index (χ4n) is 2.93. The van der Waals surface area contributed by atoms with Crippen molar-refractivity contribution >= 4 is 11.0 Å². The van der Waals surface area contributed by atoms with E-state index in [4.69, 9.17) is 0 Å². The molecule has 1 aromatic carbocycles. The Balaban J connectivity index is 1.83. The lowest BCUT2D eigenvalue weighted by Gasteiger charge is -2.29. The van der Waals surface area contributed by atoms with Gasteiger partial charge in [0.15, 0.2) is 5.52 Å². The molecule has 0 bridgehead atoms. The molecule has 2 aromatic heterocycles. The number of rotatable bonds is 4. The Kier molecular flexibility index (Phi) is 3.91. The SMILES string of the molecule is CC(F)(F)Oc1ccc(-c2cn(C3CNC3)c(=O)c3nccnc23)cc1. The number of halogens is 2. The lowest BCUT2D eigenvalue weighted by molar-refractivity contribution is -0.158. The molecule has 26 heavy (non-hydrogen) atoms. The van der Waals surface area contributed by atoms with Gasteiger partial charge < -0.3 is 14.6 Å². The number of aromatic nitrogens is 3. The van der Waals surface area contributed by atoms with Crippen molar-refractivity contribution in [1.82, 2.24) is 19.9 Å². The zero-order valence-electron chi connectivity index (χ0n) is 13.9.